The molecular formula is C27H24N8O2S. The Morgan fingerprint density at radius 2 is 1.87 bits per heavy atom. The Morgan fingerprint density at radius 3 is 2.74 bits per heavy atom. The molecule has 1 aromatic carbocycles. The van der Waals surface area contributed by atoms with Gasteiger partial charge >= 0.3 is 0 Å². The van der Waals surface area contributed by atoms with Crippen LogP contribution in [0.5, 0.6) is 0 Å². The van der Waals surface area contributed by atoms with Crippen LogP contribution in [0.1, 0.15) is 22.8 Å². The molecule has 2 aliphatic heterocycles. The van der Waals surface area contributed by atoms with Crippen molar-refractivity contribution in [2.45, 2.75) is 19.6 Å². The number of fused-ring (bicyclic) bond motifs is 3. The number of thiophene rings is 1. The van der Waals surface area contributed by atoms with E-state index in [1.165, 1.54) is 0 Å². The summed E-state index contributed by atoms with van der Waals surface area (Å²) in [6.07, 6.45) is 3.70. The molecule has 4 aromatic heterocycles. The molecule has 10 nitrogen and oxygen atoms in total. The summed E-state index contributed by atoms with van der Waals surface area (Å²) in [5.74, 6) is 0.687. The van der Waals surface area contributed by atoms with Gasteiger partial charge < -0.3 is 19.4 Å². The summed E-state index contributed by atoms with van der Waals surface area (Å²) in [6.45, 7) is 2.83. The van der Waals surface area contributed by atoms with Gasteiger partial charge in [0.05, 0.1) is 47.3 Å². The zero-order valence-corrected chi connectivity index (χ0v) is 21.7. The highest BCUT2D eigenvalue weighted by Gasteiger charge is 2.36. The number of rotatable bonds is 5. The maximum absolute atomic E-state index is 13.3. The van der Waals surface area contributed by atoms with Gasteiger partial charge in [-0.2, -0.15) is 0 Å². The van der Waals surface area contributed by atoms with Crippen LogP contribution in [0.25, 0.3) is 32.3 Å². The summed E-state index contributed by atoms with van der Waals surface area (Å²) in [5, 5.41) is 6.09. The van der Waals surface area contributed by atoms with Gasteiger partial charge in [0.25, 0.3) is 11.8 Å². The largest absolute Gasteiger partial charge is 0.352 e. The summed E-state index contributed by atoms with van der Waals surface area (Å²) in [6, 6.07) is 9.57. The second kappa shape index (κ2) is 8.61. The lowest BCUT2D eigenvalue weighted by Gasteiger charge is -2.29. The SMILES string of the molecule is CN(C)Cc1ncc2n1CCN(c1nc(C3=C(c4c[nH]c5sccc45)C(=O)NC3=O)c3ccccc3n1)C2. The highest BCUT2D eigenvalue weighted by molar-refractivity contribution is 7.16. The lowest BCUT2D eigenvalue weighted by atomic mass is 9.97. The van der Waals surface area contributed by atoms with E-state index in [4.69, 9.17) is 9.97 Å². The molecule has 2 aliphatic rings. The minimum absolute atomic E-state index is 0.275. The van der Waals surface area contributed by atoms with Gasteiger partial charge in [0.15, 0.2) is 0 Å². The number of nitrogens with one attached hydrogen (secondary N) is 2. The van der Waals surface area contributed by atoms with Gasteiger partial charge in [0.1, 0.15) is 10.7 Å². The van der Waals surface area contributed by atoms with Crippen LogP contribution in [0.4, 0.5) is 5.95 Å². The summed E-state index contributed by atoms with van der Waals surface area (Å²) in [7, 11) is 4.07. The number of H-pyrrole nitrogens is 1. The van der Waals surface area contributed by atoms with E-state index in [0.29, 0.717) is 41.4 Å². The number of aromatic nitrogens is 5. The van der Waals surface area contributed by atoms with Gasteiger partial charge in [-0.25, -0.2) is 15.0 Å². The van der Waals surface area contributed by atoms with Crippen molar-refractivity contribution in [2.24, 2.45) is 0 Å². The molecular weight excluding hydrogens is 500 g/mol. The van der Waals surface area contributed by atoms with E-state index in [1.807, 2.05) is 56.0 Å². The van der Waals surface area contributed by atoms with Gasteiger partial charge in [0.2, 0.25) is 5.95 Å². The van der Waals surface area contributed by atoms with Gasteiger partial charge in [-0.15, -0.1) is 11.3 Å². The predicted molar refractivity (Wildman–Crippen MR) is 146 cm³/mol. The molecule has 5 aromatic rings. The first-order valence-corrected chi connectivity index (χ1v) is 13.2. The average molecular weight is 525 g/mol. The molecule has 0 bridgehead atoms. The van der Waals surface area contributed by atoms with Crippen molar-refractivity contribution < 1.29 is 9.59 Å². The van der Waals surface area contributed by atoms with Gasteiger partial charge in [-0.1, -0.05) is 18.2 Å². The van der Waals surface area contributed by atoms with E-state index in [-0.39, 0.29) is 5.57 Å². The van der Waals surface area contributed by atoms with Crippen LogP contribution < -0.4 is 10.2 Å². The van der Waals surface area contributed by atoms with E-state index in [9.17, 15) is 9.59 Å². The maximum Gasteiger partial charge on any atom is 0.261 e. The van der Waals surface area contributed by atoms with Crippen LogP contribution in [-0.4, -0.2) is 61.9 Å². The molecule has 0 atom stereocenters. The van der Waals surface area contributed by atoms with Gasteiger partial charge in [-0.3, -0.25) is 14.9 Å². The Hall–Kier alpha value is -4.35. The second-order valence-electron chi connectivity index (χ2n) is 9.77. The molecule has 6 heterocycles. The Kier molecular flexibility index (Phi) is 5.17. The monoisotopic (exact) mass is 524 g/mol. The molecule has 0 radical (unpaired) electrons. The Bertz CT molecular complexity index is 1790. The average Bonchev–Trinajstić information content (AvgIpc) is 3.67. The van der Waals surface area contributed by atoms with E-state index in [2.05, 4.69) is 29.7 Å². The van der Waals surface area contributed by atoms with Crippen molar-refractivity contribution >= 4 is 61.4 Å². The van der Waals surface area contributed by atoms with Crippen LogP contribution in [0.3, 0.4) is 0 Å². The third kappa shape index (κ3) is 3.54. The van der Waals surface area contributed by atoms with Crippen molar-refractivity contribution in [3.8, 4) is 0 Å². The van der Waals surface area contributed by atoms with Crippen LogP contribution in [-0.2, 0) is 29.2 Å². The van der Waals surface area contributed by atoms with Crippen LogP contribution in [0.15, 0.2) is 48.1 Å². The fourth-order valence-corrected chi connectivity index (χ4v) is 6.09. The van der Waals surface area contributed by atoms with Crippen molar-refractivity contribution in [1.82, 2.24) is 34.7 Å². The fourth-order valence-electron chi connectivity index (χ4n) is 5.32. The quantitative estimate of drug-likeness (QED) is 0.340. The third-order valence-electron chi connectivity index (χ3n) is 7.04. The smallest absolute Gasteiger partial charge is 0.261 e. The molecule has 7 rings (SSSR count). The Balaban J connectivity index is 1.37. The van der Waals surface area contributed by atoms with Gasteiger partial charge in [-0.05, 0) is 31.6 Å². The molecule has 38 heavy (non-hydrogen) atoms. The van der Waals surface area contributed by atoms with Crippen molar-refractivity contribution in [1.29, 1.82) is 0 Å². The van der Waals surface area contributed by atoms with Crippen molar-refractivity contribution in [3.05, 3.63) is 70.9 Å². The molecule has 0 fully saturated rings. The second-order valence-corrected chi connectivity index (χ2v) is 10.7. The first-order valence-electron chi connectivity index (χ1n) is 12.3. The van der Waals surface area contributed by atoms with Crippen molar-refractivity contribution in [2.75, 3.05) is 25.5 Å². The number of benzene rings is 1. The first kappa shape index (κ1) is 22.8. The number of anilines is 1. The van der Waals surface area contributed by atoms with E-state index < -0.39 is 11.8 Å². The molecule has 0 saturated carbocycles. The van der Waals surface area contributed by atoms with Gasteiger partial charge in [0, 0.05) is 35.6 Å². The predicted octanol–water partition coefficient (Wildman–Crippen LogP) is 3.02. The standard InChI is InChI=1S/C27H24N8O2S/c1-33(2)14-20-28-11-15-13-34(8-9-35(15)20)27-30-19-6-4-3-5-17(19)23(31-27)22-21(24(36)32-25(22)37)18-12-29-26-16(18)7-10-38-26/h3-7,10-12,29H,8-9,13-14H2,1-2H3,(H,32,36,37). The van der Waals surface area contributed by atoms with Crippen LogP contribution in [0.2, 0.25) is 0 Å². The number of hydrogen-bond acceptors (Lipinski definition) is 8. The normalized spacial score (nSPS) is 15.8. The number of aromatic amines is 1. The maximum atomic E-state index is 13.3. The molecule has 0 saturated heterocycles. The minimum atomic E-state index is -0.450. The zero-order valence-electron chi connectivity index (χ0n) is 20.9. The topological polar surface area (TPSA) is 112 Å². The lowest BCUT2D eigenvalue weighted by molar-refractivity contribution is -0.122. The number of amides is 2. The number of imide groups is 1. The number of carbonyl (C=O) groups is 2. The molecule has 11 heteroatoms. The number of hydrogen-bond donors (Lipinski definition) is 2. The highest BCUT2D eigenvalue weighted by atomic mass is 32.1. The minimum Gasteiger partial charge on any atom is -0.352 e. The Labute approximate surface area is 221 Å². The fraction of sp³-hybridized carbons (Fsp3) is 0.222. The summed E-state index contributed by atoms with van der Waals surface area (Å²) >= 11 is 1.55. The first-order chi connectivity index (χ1) is 18.5. The molecule has 0 unspecified atom stereocenters. The molecule has 190 valence electrons. The molecule has 0 spiro atoms. The van der Waals surface area contributed by atoms with E-state index in [0.717, 1.165) is 40.2 Å². The number of imidazole rings is 1. The van der Waals surface area contributed by atoms with Crippen LogP contribution >= 0.6 is 11.3 Å². The summed E-state index contributed by atoms with van der Waals surface area (Å²) in [5.41, 5.74) is 3.57. The number of para-hydroxylation sites is 1. The number of nitrogens with zero attached hydrogens (tertiary/aromatic N) is 6. The highest BCUT2D eigenvalue weighted by Crippen LogP contribution is 2.38. The van der Waals surface area contributed by atoms with E-state index in [1.54, 1.807) is 17.5 Å². The summed E-state index contributed by atoms with van der Waals surface area (Å²) < 4.78 is 2.25. The number of carbonyl (C=O) groups excluding carboxylic acids is 2. The molecule has 0 aliphatic carbocycles. The zero-order chi connectivity index (χ0) is 26.0. The lowest BCUT2D eigenvalue weighted by Crippen LogP contribution is -2.35. The Morgan fingerprint density at radius 1 is 1.03 bits per heavy atom. The molecule has 2 amide bonds. The third-order valence-corrected chi connectivity index (χ3v) is 7.89. The molecule has 2 N–H and O–H groups in total. The van der Waals surface area contributed by atoms with Crippen LogP contribution in [0, 0.1) is 0 Å². The van der Waals surface area contributed by atoms with Crippen molar-refractivity contribution in [3.63, 3.8) is 0 Å². The summed E-state index contributed by atoms with van der Waals surface area (Å²) in [4.78, 5) is 49.2. The van der Waals surface area contributed by atoms with E-state index >= 15 is 0 Å².